The second-order valence-electron chi connectivity index (χ2n) is 6.32. The van der Waals surface area contributed by atoms with E-state index in [0.717, 1.165) is 12.0 Å². The summed E-state index contributed by atoms with van der Waals surface area (Å²) in [5, 5.41) is 4.35. The summed E-state index contributed by atoms with van der Waals surface area (Å²) < 4.78 is 0. The van der Waals surface area contributed by atoms with Crippen molar-refractivity contribution in [1.29, 1.82) is 0 Å². The minimum absolute atomic E-state index is 0.288. The van der Waals surface area contributed by atoms with Gasteiger partial charge in [-0.15, -0.1) is 0 Å². The van der Waals surface area contributed by atoms with Gasteiger partial charge < -0.3 is 5.32 Å². The molecule has 2 rings (SSSR count). The van der Waals surface area contributed by atoms with E-state index in [2.05, 4.69) is 30.0 Å². The summed E-state index contributed by atoms with van der Waals surface area (Å²) >= 11 is 11.3. The number of benzene rings is 1. The van der Waals surface area contributed by atoms with Gasteiger partial charge >= 0.3 is 0 Å². The van der Waals surface area contributed by atoms with Gasteiger partial charge in [0.05, 0.1) is 0 Å². The standard InChI is InChI=1S/C18H24ClN3OS/c1-12-6-5-9-16(13(12)2)20-18(24)22-21-17(23)11-10-14-7-3-4-8-15(14)19/h3-4,7-8,10-13,16H,5-6,9H2,1-2H3,(H,21,23)(H2,20,22,24)/b11-10+/t12-,13+,16+/m0/s1. The number of hydrogen-bond donors (Lipinski definition) is 3. The number of hydrazine groups is 1. The van der Waals surface area contributed by atoms with Gasteiger partial charge in [0.1, 0.15) is 0 Å². The first kappa shape index (κ1) is 18.7. The van der Waals surface area contributed by atoms with Crippen LogP contribution in [0.2, 0.25) is 5.02 Å². The molecule has 1 aliphatic carbocycles. The summed E-state index contributed by atoms with van der Waals surface area (Å²) in [7, 11) is 0. The summed E-state index contributed by atoms with van der Waals surface area (Å²) in [5.74, 6) is 0.964. The van der Waals surface area contributed by atoms with Crippen molar-refractivity contribution in [3.63, 3.8) is 0 Å². The molecule has 0 bridgehead atoms. The molecule has 0 aliphatic heterocycles. The molecule has 1 amide bonds. The van der Waals surface area contributed by atoms with Gasteiger partial charge in [0, 0.05) is 17.1 Å². The average Bonchev–Trinajstić information content (AvgIpc) is 2.56. The molecular weight excluding hydrogens is 342 g/mol. The molecule has 1 aromatic carbocycles. The number of carbonyl (C=O) groups is 1. The van der Waals surface area contributed by atoms with Crippen molar-refractivity contribution < 1.29 is 4.79 Å². The lowest BCUT2D eigenvalue weighted by Crippen LogP contribution is -2.52. The van der Waals surface area contributed by atoms with Crippen LogP contribution in [0, 0.1) is 11.8 Å². The Kier molecular flexibility index (Phi) is 7.06. The van der Waals surface area contributed by atoms with E-state index in [9.17, 15) is 4.79 Å². The van der Waals surface area contributed by atoms with Crippen LogP contribution in [0.5, 0.6) is 0 Å². The minimum atomic E-state index is -0.288. The largest absolute Gasteiger partial charge is 0.358 e. The van der Waals surface area contributed by atoms with Crippen molar-refractivity contribution in [3.8, 4) is 0 Å². The Morgan fingerprint density at radius 2 is 2.00 bits per heavy atom. The van der Waals surface area contributed by atoms with Crippen molar-refractivity contribution in [2.45, 2.75) is 39.2 Å². The molecule has 3 N–H and O–H groups in total. The van der Waals surface area contributed by atoms with E-state index in [1.165, 1.54) is 18.9 Å². The molecule has 0 aromatic heterocycles. The van der Waals surface area contributed by atoms with Crippen LogP contribution in [0.15, 0.2) is 30.3 Å². The summed E-state index contributed by atoms with van der Waals surface area (Å²) in [6, 6.07) is 7.69. The number of amides is 1. The second kappa shape index (κ2) is 9.04. The molecule has 24 heavy (non-hydrogen) atoms. The van der Waals surface area contributed by atoms with Gasteiger partial charge in [-0.05, 0) is 48.2 Å². The number of carbonyl (C=O) groups excluding carboxylic acids is 1. The molecule has 0 saturated heterocycles. The number of hydrogen-bond acceptors (Lipinski definition) is 2. The fraction of sp³-hybridized carbons (Fsp3) is 0.444. The lowest BCUT2D eigenvalue weighted by molar-refractivity contribution is -0.116. The van der Waals surface area contributed by atoms with Gasteiger partial charge in [-0.2, -0.15) is 0 Å². The topological polar surface area (TPSA) is 53.2 Å². The van der Waals surface area contributed by atoms with Gasteiger partial charge in [0.25, 0.3) is 5.91 Å². The molecule has 0 heterocycles. The van der Waals surface area contributed by atoms with E-state index >= 15 is 0 Å². The van der Waals surface area contributed by atoms with Crippen LogP contribution in [0.4, 0.5) is 0 Å². The van der Waals surface area contributed by atoms with Gasteiger partial charge in [-0.25, -0.2) is 0 Å². The first-order chi connectivity index (χ1) is 11.5. The van der Waals surface area contributed by atoms with Crippen LogP contribution >= 0.6 is 23.8 Å². The van der Waals surface area contributed by atoms with E-state index in [4.69, 9.17) is 23.8 Å². The third-order valence-electron chi connectivity index (χ3n) is 4.64. The molecule has 0 radical (unpaired) electrons. The Morgan fingerprint density at radius 1 is 1.25 bits per heavy atom. The van der Waals surface area contributed by atoms with Crippen molar-refractivity contribution in [3.05, 3.63) is 40.9 Å². The number of thiocarbonyl (C=S) groups is 1. The maximum Gasteiger partial charge on any atom is 0.262 e. The van der Waals surface area contributed by atoms with Crippen molar-refractivity contribution in [2.75, 3.05) is 0 Å². The third kappa shape index (κ3) is 5.49. The first-order valence-corrected chi connectivity index (χ1v) is 9.05. The maximum absolute atomic E-state index is 11.8. The lowest BCUT2D eigenvalue weighted by Gasteiger charge is -2.35. The Balaban J connectivity index is 1.77. The second-order valence-corrected chi connectivity index (χ2v) is 7.13. The Hall–Kier alpha value is -1.59. The van der Waals surface area contributed by atoms with Crippen LogP contribution < -0.4 is 16.2 Å². The fourth-order valence-electron chi connectivity index (χ4n) is 2.93. The highest BCUT2D eigenvalue weighted by atomic mass is 35.5. The fourth-order valence-corrected chi connectivity index (χ4v) is 3.33. The highest BCUT2D eigenvalue weighted by Crippen LogP contribution is 2.29. The average molecular weight is 366 g/mol. The molecule has 0 unspecified atom stereocenters. The zero-order valence-corrected chi connectivity index (χ0v) is 15.6. The van der Waals surface area contributed by atoms with Gasteiger partial charge in [-0.1, -0.05) is 56.5 Å². The van der Waals surface area contributed by atoms with Crippen LogP contribution in [0.25, 0.3) is 6.08 Å². The zero-order chi connectivity index (χ0) is 17.5. The SMILES string of the molecule is C[C@@H]1[C@@H](C)CCC[C@H]1NC(=S)NNC(=O)/C=C/c1ccccc1Cl. The third-order valence-corrected chi connectivity index (χ3v) is 5.21. The van der Waals surface area contributed by atoms with E-state index < -0.39 is 0 Å². The summed E-state index contributed by atoms with van der Waals surface area (Å²) in [6.45, 7) is 4.52. The molecule has 0 spiro atoms. The summed E-state index contributed by atoms with van der Waals surface area (Å²) in [5.41, 5.74) is 6.11. The Morgan fingerprint density at radius 3 is 2.75 bits per heavy atom. The predicted octanol–water partition coefficient (Wildman–Crippen LogP) is 3.67. The van der Waals surface area contributed by atoms with Crippen LogP contribution in [0.3, 0.4) is 0 Å². The Labute approximate surface area is 154 Å². The van der Waals surface area contributed by atoms with E-state index in [-0.39, 0.29) is 5.91 Å². The molecule has 1 fully saturated rings. The predicted molar refractivity (Wildman–Crippen MR) is 103 cm³/mol. The number of rotatable bonds is 3. The monoisotopic (exact) mass is 365 g/mol. The zero-order valence-electron chi connectivity index (χ0n) is 14.0. The molecule has 130 valence electrons. The van der Waals surface area contributed by atoms with E-state index in [0.29, 0.717) is 28.0 Å². The lowest BCUT2D eigenvalue weighted by atomic mass is 9.78. The van der Waals surface area contributed by atoms with Gasteiger partial charge in [-0.3, -0.25) is 15.6 Å². The number of nitrogens with one attached hydrogen (secondary N) is 3. The van der Waals surface area contributed by atoms with Crippen molar-refractivity contribution in [2.24, 2.45) is 11.8 Å². The smallest absolute Gasteiger partial charge is 0.262 e. The molecule has 4 nitrogen and oxygen atoms in total. The van der Waals surface area contributed by atoms with Gasteiger partial charge in [0.2, 0.25) is 0 Å². The Bertz CT molecular complexity index is 620. The van der Waals surface area contributed by atoms with Crippen LogP contribution in [-0.2, 0) is 4.79 Å². The number of halogens is 1. The molecular formula is C18H24ClN3OS. The molecule has 3 atom stereocenters. The van der Waals surface area contributed by atoms with E-state index in [1.807, 2.05) is 18.2 Å². The van der Waals surface area contributed by atoms with Crippen molar-refractivity contribution in [1.82, 2.24) is 16.2 Å². The van der Waals surface area contributed by atoms with Crippen molar-refractivity contribution >= 4 is 40.9 Å². The molecule has 1 aliphatic rings. The highest BCUT2D eigenvalue weighted by Gasteiger charge is 2.27. The molecule has 6 heteroatoms. The first-order valence-electron chi connectivity index (χ1n) is 8.26. The van der Waals surface area contributed by atoms with Gasteiger partial charge in [0.15, 0.2) is 5.11 Å². The van der Waals surface area contributed by atoms with Crippen LogP contribution in [0.1, 0.15) is 38.7 Å². The minimum Gasteiger partial charge on any atom is -0.358 e. The highest BCUT2D eigenvalue weighted by molar-refractivity contribution is 7.80. The normalized spacial score (nSPS) is 23.7. The van der Waals surface area contributed by atoms with Crippen LogP contribution in [-0.4, -0.2) is 17.1 Å². The summed E-state index contributed by atoms with van der Waals surface area (Å²) in [4.78, 5) is 11.8. The molecule has 1 aromatic rings. The van der Waals surface area contributed by atoms with E-state index in [1.54, 1.807) is 12.1 Å². The quantitative estimate of drug-likeness (QED) is 0.434. The summed E-state index contributed by atoms with van der Waals surface area (Å²) in [6.07, 6.45) is 6.67. The molecule has 1 saturated carbocycles. The maximum atomic E-state index is 11.8.